The zero-order valence-electron chi connectivity index (χ0n) is 20.3. The number of imidazole rings is 1. The lowest BCUT2D eigenvalue weighted by Gasteiger charge is -2.19. The lowest BCUT2D eigenvalue weighted by atomic mass is 10.2. The first kappa shape index (κ1) is 27.2. The first-order valence-corrected chi connectivity index (χ1v) is 11.6. The number of benzene rings is 1. The molecule has 2 N–H and O–H groups in total. The Hall–Kier alpha value is -2.01. The maximum Gasteiger partial charge on any atom is 0.191 e. The molecule has 1 fully saturated rings. The molecule has 1 atom stereocenters. The van der Waals surface area contributed by atoms with Gasteiger partial charge in [0.15, 0.2) is 5.96 Å². The van der Waals surface area contributed by atoms with Crippen LogP contribution in [0.5, 0.6) is 11.5 Å². The fraction of sp³-hybridized carbons (Fsp3) is 0.583. The molecule has 0 spiro atoms. The number of aliphatic imine (C=N–C) groups is 1. The molecule has 33 heavy (non-hydrogen) atoms. The third-order valence-electron chi connectivity index (χ3n) is 5.78. The van der Waals surface area contributed by atoms with E-state index in [-0.39, 0.29) is 24.0 Å². The molecule has 0 radical (unpaired) electrons. The quantitative estimate of drug-likeness (QED) is 0.187. The van der Waals surface area contributed by atoms with Crippen LogP contribution in [-0.4, -0.2) is 66.9 Å². The van der Waals surface area contributed by atoms with Crippen molar-refractivity contribution in [2.24, 2.45) is 4.99 Å². The van der Waals surface area contributed by atoms with Crippen LogP contribution in [0.4, 0.5) is 0 Å². The maximum atomic E-state index is 5.40. The van der Waals surface area contributed by atoms with Crippen molar-refractivity contribution >= 4 is 29.9 Å². The number of guanidine groups is 1. The molecule has 0 saturated carbocycles. The molecular weight excluding hydrogens is 531 g/mol. The van der Waals surface area contributed by atoms with Crippen molar-refractivity contribution in [3.8, 4) is 11.5 Å². The molecule has 2 aromatic rings. The SMILES string of the molecule is CCNC(=NCCCCn1ccnc1C)NC1CCN(Cc2cc(OC)cc(OC)c2)C1.I. The van der Waals surface area contributed by atoms with Gasteiger partial charge >= 0.3 is 0 Å². The van der Waals surface area contributed by atoms with Crippen molar-refractivity contribution in [1.29, 1.82) is 0 Å². The second-order valence-electron chi connectivity index (χ2n) is 8.22. The molecule has 1 unspecified atom stereocenters. The van der Waals surface area contributed by atoms with Gasteiger partial charge in [-0.3, -0.25) is 9.89 Å². The molecule has 1 aliphatic rings. The average molecular weight is 571 g/mol. The summed E-state index contributed by atoms with van der Waals surface area (Å²) in [5, 5.41) is 7.01. The van der Waals surface area contributed by atoms with E-state index in [2.05, 4.69) is 44.1 Å². The fourth-order valence-corrected chi connectivity index (χ4v) is 4.05. The molecular formula is C24H39IN6O2. The van der Waals surface area contributed by atoms with Gasteiger partial charge in [-0.15, -0.1) is 24.0 Å². The lowest BCUT2D eigenvalue weighted by molar-refractivity contribution is 0.321. The zero-order chi connectivity index (χ0) is 22.8. The molecule has 1 saturated heterocycles. The third-order valence-corrected chi connectivity index (χ3v) is 5.78. The van der Waals surface area contributed by atoms with E-state index in [1.807, 2.05) is 25.4 Å². The molecule has 1 aromatic carbocycles. The van der Waals surface area contributed by atoms with Crippen LogP contribution in [0.15, 0.2) is 35.6 Å². The van der Waals surface area contributed by atoms with E-state index in [0.29, 0.717) is 6.04 Å². The Balaban J connectivity index is 0.00000385. The Morgan fingerprint density at radius 2 is 1.94 bits per heavy atom. The average Bonchev–Trinajstić information content (AvgIpc) is 3.41. The highest BCUT2D eigenvalue weighted by Gasteiger charge is 2.23. The second-order valence-corrected chi connectivity index (χ2v) is 8.22. The van der Waals surface area contributed by atoms with Crippen LogP contribution in [0.1, 0.15) is 37.6 Å². The highest BCUT2D eigenvalue weighted by molar-refractivity contribution is 14.0. The minimum atomic E-state index is 0. The van der Waals surface area contributed by atoms with Crippen LogP contribution in [0, 0.1) is 6.92 Å². The first-order valence-electron chi connectivity index (χ1n) is 11.6. The molecule has 8 nitrogen and oxygen atoms in total. The number of rotatable bonds is 11. The van der Waals surface area contributed by atoms with E-state index in [1.54, 1.807) is 14.2 Å². The van der Waals surface area contributed by atoms with Crippen LogP contribution in [0.3, 0.4) is 0 Å². The number of halogens is 1. The van der Waals surface area contributed by atoms with Gasteiger partial charge in [0.25, 0.3) is 0 Å². The Bertz CT molecular complexity index is 850. The van der Waals surface area contributed by atoms with Crippen LogP contribution in [-0.2, 0) is 13.1 Å². The molecule has 9 heteroatoms. The van der Waals surface area contributed by atoms with E-state index in [9.17, 15) is 0 Å². The number of ether oxygens (including phenoxy) is 2. The molecule has 1 aromatic heterocycles. The van der Waals surface area contributed by atoms with Gasteiger partial charge in [0.05, 0.1) is 14.2 Å². The Morgan fingerprint density at radius 3 is 2.58 bits per heavy atom. The third kappa shape index (κ3) is 8.69. The van der Waals surface area contributed by atoms with Crippen molar-refractivity contribution < 1.29 is 9.47 Å². The second kappa shape index (κ2) is 14.3. The standard InChI is InChI=1S/C24H38N6O2.HI/c1-5-25-24(27-9-6-7-11-30-13-10-26-19(30)2)28-21-8-12-29(18-21)17-20-14-22(31-3)16-23(15-20)32-4;/h10,13-16,21H,5-9,11-12,17-18H2,1-4H3,(H2,25,27,28);1H. The van der Waals surface area contributed by atoms with Crippen LogP contribution < -0.4 is 20.1 Å². The van der Waals surface area contributed by atoms with Crippen LogP contribution >= 0.6 is 24.0 Å². The van der Waals surface area contributed by atoms with Gasteiger partial charge in [-0.2, -0.15) is 0 Å². The predicted molar refractivity (Wildman–Crippen MR) is 144 cm³/mol. The summed E-state index contributed by atoms with van der Waals surface area (Å²) in [5.74, 6) is 3.65. The molecule has 0 amide bonds. The number of unbranched alkanes of at least 4 members (excludes halogenated alkanes) is 1. The number of nitrogens with zero attached hydrogens (tertiary/aromatic N) is 4. The summed E-state index contributed by atoms with van der Waals surface area (Å²) in [7, 11) is 3.38. The van der Waals surface area contributed by atoms with Gasteiger partial charge in [0, 0.05) is 63.8 Å². The molecule has 184 valence electrons. The summed E-state index contributed by atoms with van der Waals surface area (Å²) >= 11 is 0. The van der Waals surface area contributed by atoms with E-state index in [1.165, 1.54) is 5.56 Å². The molecule has 2 heterocycles. The van der Waals surface area contributed by atoms with Gasteiger partial charge < -0.3 is 24.7 Å². The van der Waals surface area contributed by atoms with E-state index < -0.39 is 0 Å². The molecule has 1 aliphatic heterocycles. The van der Waals surface area contributed by atoms with Crippen molar-refractivity contribution in [1.82, 2.24) is 25.1 Å². The largest absolute Gasteiger partial charge is 0.497 e. The highest BCUT2D eigenvalue weighted by Crippen LogP contribution is 2.24. The normalized spacial score (nSPS) is 16.4. The van der Waals surface area contributed by atoms with E-state index >= 15 is 0 Å². The van der Waals surface area contributed by atoms with E-state index in [4.69, 9.17) is 14.5 Å². The Kier molecular flexibility index (Phi) is 11.8. The number of nitrogens with one attached hydrogen (secondary N) is 2. The zero-order valence-corrected chi connectivity index (χ0v) is 22.7. The van der Waals surface area contributed by atoms with Gasteiger partial charge in [-0.25, -0.2) is 4.98 Å². The van der Waals surface area contributed by atoms with Gasteiger partial charge in [-0.1, -0.05) is 0 Å². The molecule has 0 aliphatic carbocycles. The first-order chi connectivity index (χ1) is 15.6. The summed E-state index contributed by atoms with van der Waals surface area (Å²) in [6.07, 6.45) is 7.16. The fourth-order valence-electron chi connectivity index (χ4n) is 4.05. The Labute approximate surface area is 215 Å². The van der Waals surface area contributed by atoms with Crippen molar-refractivity contribution in [2.75, 3.05) is 40.4 Å². The summed E-state index contributed by atoms with van der Waals surface area (Å²) in [6.45, 7) is 9.76. The van der Waals surface area contributed by atoms with Gasteiger partial charge in [0.2, 0.25) is 0 Å². The summed E-state index contributed by atoms with van der Waals surface area (Å²) in [5.41, 5.74) is 1.20. The summed E-state index contributed by atoms with van der Waals surface area (Å²) in [6, 6.07) is 6.47. The smallest absolute Gasteiger partial charge is 0.191 e. The number of hydrogen-bond donors (Lipinski definition) is 2. The number of likely N-dealkylation sites (tertiary alicyclic amines) is 1. The minimum absolute atomic E-state index is 0. The summed E-state index contributed by atoms with van der Waals surface area (Å²) in [4.78, 5) is 11.5. The van der Waals surface area contributed by atoms with Crippen LogP contribution in [0.25, 0.3) is 0 Å². The van der Waals surface area contributed by atoms with Gasteiger partial charge in [0.1, 0.15) is 17.3 Å². The van der Waals surface area contributed by atoms with Crippen molar-refractivity contribution in [2.45, 2.75) is 52.2 Å². The summed E-state index contributed by atoms with van der Waals surface area (Å²) < 4.78 is 13.0. The van der Waals surface area contributed by atoms with Crippen molar-refractivity contribution in [3.63, 3.8) is 0 Å². The number of hydrogen-bond acceptors (Lipinski definition) is 5. The highest BCUT2D eigenvalue weighted by atomic mass is 127. The van der Waals surface area contributed by atoms with Crippen LogP contribution in [0.2, 0.25) is 0 Å². The molecule has 0 bridgehead atoms. The van der Waals surface area contributed by atoms with Gasteiger partial charge in [-0.05, 0) is 50.8 Å². The van der Waals surface area contributed by atoms with E-state index in [0.717, 1.165) is 81.8 Å². The number of methoxy groups -OCH3 is 2. The number of aromatic nitrogens is 2. The lowest BCUT2D eigenvalue weighted by Crippen LogP contribution is -2.44. The number of aryl methyl sites for hydroxylation is 2. The Morgan fingerprint density at radius 1 is 1.18 bits per heavy atom. The topological polar surface area (TPSA) is 75.9 Å². The maximum absolute atomic E-state index is 5.40. The molecule has 3 rings (SSSR count). The monoisotopic (exact) mass is 570 g/mol. The minimum Gasteiger partial charge on any atom is -0.497 e. The predicted octanol–water partition coefficient (Wildman–Crippen LogP) is 3.44. The van der Waals surface area contributed by atoms with Crippen molar-refractivity contribution in [3.05, 3.63) is 42.0 Å².